The van der Waals surface area contributed by atoms with Crippen molar-refractivity contribution in [2.45, 2.75) is 19.3 Å². The summed E-state index contributed by atoms with van der Waals surface area (Å²) in [5, 5.41) is 5.93. The van der Waals surface area contributed by atoms with Crippen molar-refractivity contribution in [3.8, 4) is 0 Å². The number of benzene rings is 1. The molecule has 1 saturated heterocycles. The molecular formula is C16H24FN3O. The molecule has 1 aliphatic heterocycles. The number of nitrogens with one attached hydrogen (secondary N) is 2. The van der Waals surface area contributed by atoms with Crippen molar-refractivity contribution in [2.75, 3.05) is 38.5 Å². The molecule has 5 heteroatoms. The van der Waals surface area contributed by atoms with Crippen molar-refractivity contribution in [1.29, 1.82) is 0 Å². The smallest absolute Gasteiger partial charge is 0.238 e. The van der Waals surface area contributed by atoms with Crippen LogP contribution in [0.3, 0.4) is 0 Å². The molecule has 0 radical (unpaired) electrons. The zero-order chi connectivity index (χ0) is 15.1. The number of piperidine rings is 1. The molecule has 0 bridgehead atoms. The highest BCUT2D eigenvalue weighted by Crippen LogP contribution is 2.19. The monoisotopic (exact) mass is 293 g/mol. The van der Waals surface area contributed by atoms with E-state index in [1.165, 1.54) is 18.6 Å². The van der Waals surface area contributed by atoms with Gasteiger partial charge in [-0.25, -0.2) is 4.39 Å². The van der Waals surface area contributed by atoms with E-state index in [-0.39, 0.29) is 11.7 Å². The van der Waals surface area contributed by atoms with Crippen LogP contribution in [0.5, 0.6) is 0 Å². The molecule has 1 aromatic carbocycles. The van der Waals surface area contributed by atoms with E-state index in [1.807, 2.05) is 7.05 Å². The number of nitrogens with zero attached hydrogens (tertiary/aromatic N) is 1. The summed E-state index contributed by atoms with van der Waals surface area (Å²) in [6, 6.07) is 6.00. The summed E-state index contributed by atoms with van der Waals surface area (Å²) in [4.78, 5) is 14.1. The Morgan fingerprint density at radius 1 is 1.38 bits per heavy atom. The molecule has 0 unspecified atom stereocenters. The molecule has 116 valence electrons. The third-order valence-electron chi connectivity index (χ3n) is 3.99. The summed E-state index contributed by atoms with van der Waals surface area (Å²) in [6.07, 6.45) is 3.50. The molecular weight excluding hydrogens is 269 g/mol. The summed E-state index contributed by atoms with van der Waals surface area (Å²) >= 11 is 0. The van der Waals surface area contributed by atoms with E-state index in [0.29, 0.717) is 12.2 Å². The fraction of sp³-hybridized carbons (Fsp3) is 0.562. The summed E-state index contributed by atoms with van der Waals surface area (Å²) in [5.41, 5.74) is 0.518. The first kappa shape index (κ1) is 15.9. The van der Waals surface area contributed by atoms with Gasteiger partial charge in [-0.05, 0) is 70.1 Å². The van der Waals surface area contributed by atoms with Gasteiger partial charge in [-0.3, -0.25) is 9.69 Å². The fourth-order valence-corrected chi connectivity index (χ4v) is 2.75. The van der Waals surface area contributed by atoms with E-state index in [1.54, 1.807) is 12.1 Å². The molecule has 0 spiro atoms. The van der Waals surface area contributed by atoms with E-state index in [2.05, 4.69) is 15.5 Å². The molecule has 1 aliphatic rings. The minimum absolute atomic E-state index is 0.0747. The van der Waals surface area contributed by atoms with Crippen LogP contribution in [0, 0.1) is 11.7 Å². The van der Waals surface area contributed by atoms with Gasteiger partial charge >= 0.3 is 0 Å². The second-order valence-electron chi connectivity index (χ2n) is 5.67. The van der Waals surface area contributed by atoms with Crippen LogP contribution in [0.15, 0.2) is 24.3 Å². The fourth-order valence-electron chi connectivity index (χ4n) is 2.75. The minimum atomic E-state index is -0.335. The van der Waals surface area contributed by atoms with Crippen molar-refractivity contribution in [3.05, 3.63) is 30.1 Å². The predicted molar refractivity (Wildman–Crippen MR) is 82.7 cm³/mol. The standard InChI is InChI=1S/C16H24FN3O/c1-18-8-5-13-6-9-20(10-7-13)12-16(21)19-15-4-2-3-14(17)11-15/h2-4,11,13,18H,5-10,12H2,1H3,(H,19,21). The Balaban J connectivity index is 1.72. The van der Waals surface area contributed by atoms with Crippen LogP contribution < -0.4 is 10.6 Å². The number of hydrogen-bond donors (Lipinski definition) is 2. The summed E-state index contributed by atoms with van der Waals surface area (Å²) < 4.78 is 13.1. The number of hydrogen-bond acceptors (Lipinski definition) is 3. The predicted octanol–water partition coefficient (Wildman–Crippen LogP) is 2.09. The normalized spacial score (nSPS) is 16.9. The molecule has 2 N–H and O–H groups in total. The summed E-state index contributed by atoms with van der Waals surface area (Å²) in [5.74, 6) is 0.354. The highest BCUT2D eigenvalue weighted by Gasteiger charge is 2.20. The molecule has 4 nitrogen and oxygen atoms in total. The van der Waals surface area contributed by atoms with Gasteiger partial charge in [-0.2, -0.15) is 0 Å². The van der Waals surface area contributed by atoms with Gasteiger partial charge in [0.1, 0.15) is 5.82 Å². The Morgan fingerprint density at radius 3 is 2.81 bits per heavy atom. The lowest BCUT2D eigenvalue weighted by Crippen LogP contribution is -2.39. The summed E-state index contributed by atoms with van der Waals surface area (Å²) in [6.45, 7) is 3.37. The zero-order valence-corrected chi connectivity index (χ0v) is 12.6. The van der Waals surface area contributed by atoms with E-state index in [9.17, 15) is 9.18 Å². The topological polar surface area (TPSA) is 44.4 Å². The SMILES string of the molecule is CNCCC1CCN(CC(=O)Nc2cccc(F)c2)CC1. The Morgan fingerprint density at radius 2 is 2.14 bits per heavy atom. The Bertz CT molecular complexity index is 459. The van der Waals surface area contributed by atoms with Crippen molar-refractivity contribution in [3.63, 3.8) is 0 Å². The van der Waals surface area contributed by atoms with Gasteiger partial charge in [0.15, 0.2) is 0 Å². The Hall–Kier alpha value is -1.46. The van der Waals surface area contributed by atoms with E-state index < -0.39 is 0 Å². The molecule has 21 heavy (non-hydrogen) atoms. The average Bonchev–Trinajstić information content (AvgIpc) is 2.46. The zero-order valence-electron chi connectivity index (χ0n) is 12.6. The van der Waals surface area contributed by atoms with Crippen molar-refractivity contribution < 1.29 is 9.18 Å². The quantitative estimate of drug-likeness (QED) is 0.844. The van der Waals surface area contributed by atoms with Crippen LogP contribution in [0.4, 0.5) is 10.1 Å². The van der Waals surface area contributed by atoms with Gasteiger partial charge in [0.2, 0.25) is 5.91 Å². The van der Waals surface area contributed by atoms with Gasteiger partial charge < -0.3 is 10.6 Å². The highest BCUT2D eigenvalue weighted by molar-refractivity contribution is 5.92. The number of amides is 1. The average molecular weight is 293 g/mol. The van der Waals surface area contributed by atoms with Gasteiger partial charge in [-0.15, -0.1) is 0 Å². The minimum Gasteiger partial charge on any atom is -0.325 e. The molecule has 0 atom stereocenters. The van der Waals surface area contributed by atoms with Crippen molar-refractivity contribution in [2.24, 2.45) is 5.92 Å². The second kappa shape index (κ2) is 8.10. The molecule has 0 aliphatic carbocycles. The van der Waals surface area contributed by atoms with Gasteiger partial charge in [0.25, 0.3) is 0 Å². The maximum Gasteiger partial charge on any atom is 0.238 e. The number of rotatable bonds is 6. The number of carbonyl (C=O) groups is 1. The van der Waals surface area contributed by atoms with Crippen LogP contribution >= 0.6 is 0 Å². The van der Waals surface area contributed by atoms with Crippen molar-refractivity contribution in [1.82, 2.24) is 10.2 Å². The van der Waals surface area contributed by atoms with Crippen LogP contribution in [-0.4, -0.2) is 44.0 Å². The highest BCUT2D eigenvalue weighted by atomic mass is 19.1. The first-order valence-electron chi connectivity index (χ1n) is 7.60. The van der Waals surface area contributed by atoms with Crippen LogP contribution in [0.1, 0.15) is 19.3 Å². The number of carbonyl (C=O) groups excluding carboxylic acids is 1. The van der Waals surface area contributed by atoms with E-state index in [4.69, 9.17) is 0 Å². The van der Waals surface area contributed by atoms with E-state index >= 15 is 0 Å². The van der Waals surface area contributed by atoms with Gasteiger partial charge in [0, 0.05) is 5.69 Å². The molecule has 2 rings (SSSR count). The Labute approximate surface area is 125 Å². The second-order valence-corrected chi connectivity index (χ2v) is 5.67. The first-order chi connectivity index (χ1) is 10.2. The maximum atomic E-state index is 13.1. The third kappa shape index (κ3) is 5.44. The lowest BCUT2D eigenvalue weighted by molar-refractivity contribution is -0.117. The lowest BCUT2D eigenvalue weighted by Gasteiger charge is -2.31. The van der Waals surface area contributed by atoms with Gasteiger partial charge in [0.05, 0.1) is 6.54 Å². The number of halogens is 1. The number of likely N-dealkylation sites (tertiary alicyclic amines) is 1. The van der Waals surface area contributed by atoms with Crippen LogP contribution in [0.2, 0.25) is 0 Å². The van der Waals surface area contributed by atoms with Crippen molar-refractivity contribution >= 4 is 11.6 Å². The van der Waals surface area contributed by atoms with Crippen LogP contribution in [-0.2, 0) is 4.79 Å². The largest absolute Gasteiger partial charge is 0.325 e. The van der Waals surface area contributed by atoms with Crippen LogP contribution in [0.25, 0.3) is 0 Å². The molecule has 0 saturated carbocycles. The number of anilines is 1. The molecule has 1 aromatic rings. The molecule has 1 heterocycles. The summed E-state index contributed by atoms with van der Waals surface area (Å²) in [7, 11) is 1.98. The lowest BCUT2D eigenvalue weighted by atomic mass is 9.93. The molecule has 0 aromatic heterocycles. The molecule has 1 amide bonds. The molecule has 1 fully saturated rings. The van der Waals surface area contributed by atoms with Gasteiger partial charge in [-0.1, -0.05) is 6.07 Å². The third-order valence-corrected chi connectivity index (χ3v) is 3.99. The maximum absolute atomic E-state index is 13.1. The first-order valence-corrected chi connectivity index (χ1v) is 7.60. The van der Waals surface area contributed by atoms with E-state index in [0.717, 1.165) is 38.4 Å². The Kier molecular flexibility index (Phi) is 6.14.